The second-order valence-electron chi connectivity index (χ2n) is 5.27. The molecule has 0 aliphatic heterocycles. The molecule has 0 aliphatic carbocycles. The van der Waals surface area contributed by atoms with Gasteiger partial charge >= 0.3 is 0 Å². The molecule has 2 nitrogen and oxygen atoms in total. The van der Waals surface area contributed by atoms with Crippen molar-refractivity contribution in [3.63, 3.8) is 0 Å². The standard InChI is InChI=1S/C19H19ClN2/c20-17-9-7-15(8-10-17)4-3-12-21-13-11-16-14-22-19-6-2-1-5-18(16)19/h1-10,14,21-22H,11-13H2/b4-3+. The summed E-state index contributed by atoms with van der Waals surface area (Å²) in [6.45, 7) is 1.83. The van der Waals surface area contributed by atoms with Gasteiger partial charge < -0.3 is 10.3 Å². The predicted molar refractivity (Wildman–Crippen MR) is 95.4 cm³/mol. The number of nitrogens with one attached hydrogen (secondary N) is 2. The van der Waals surface area contributed by atoms with Gasteiger partial charge in [-0.05, 0) is 42.3 Å². The van der Waals surface area contributed by atoms with Crippen molar-refractivity contribution in [2.45, 2.75) is 6.42 Å². The highest BCUT2D eigenvalue weighted by Crippen LogP contribution is 2.17. The third-order valence-corrected chi connectivity index (χ3v) is 3.94. The summed E-state index contributed by atoms with van der Waals surface area (Å²) >= 11 is 5.87. The van der Waals surface area contributed by atoms with E-state index in [2.05, 4.69) is 52.9 Å². The molecule has 3 rings (SSSR count). The van der Waals surface area contributed by atoms with Crippen LogP contribution < -0.4 is 5.32 Å². The van der Waals surface area contributed by atoms with E-state index in [1.54, 1.807) is 0 Å². The van der Waals surface area contributed by atoms with Gasteiger partial charge in [0.1, 0.15) is 0 Å². The van der Waals surface area contributed by atoms with E-state index in [4.69, 9.17) is 11.6 Å². The smallest absolute Gasteiger partial charge is 0.0456 e. The summed E-state index contributed by atoms with van der Waals surface area (Å²) in [5.74, 6) is 0. The maximum absolute atomic E-state index is 5.87. The number of H-pyrrole nitrogens is 1. The highest BCUT2D eigenvalue weighted by atomic mass is 35.5. The summed E-state index contributed by atoms with van der Waals surface area (Å²) in [6.07, 6.45) is 7.38. The number of aromatic amines is 1. The van der Waals surface area contributed by atoms with E-state index < -0.39 is 0 Å². The molecule has 1 aromatic heterocycles. The van der Waals surface area contributed by atoms with Gasteiger partial charge in [0, 0.05) is 28.7 Å². The van der Waals surface area contributed by atoms with Crippen molar-refractivity contribution in [2.24, 2.45) is 0 Å². The number of halogens is 1. The largest absolute Gasteiger partial charge is 0.361 e. The van der Waals surface area contributed by atoms with Crippen LogP contribution in [0.25, 0.3) is 17.0 Å². The second kappa shape index (κ2) is 7.30. The van der Waals surface area contributed by atoms with Gasteiger partial charge in [-0.15, -0.1) is 0 Å². The van der Waals surface area contributed by atoms with E-state index >= 15 is 0 Å². The summed E-state index contributed by atoms with van der Waals surface area (Å²) in [4.78, 5) is 3.31. The molecule has 0 atom stereocenters. The zero-order valence-electron chi connectivity index (χ0n) is 12.4. The summed E-state index contributed by atoms with van der Waals surface area (Å²) in [6, 6.07) is 16.3. The normalized spacial score (nSPS) is 11.5. The molecule has 3 heteroatoms. The fourth-order valence-corrected chi connectivity index (χ4v) is 2.64. The maximum Gasteiger partial charge on any atom is 0.0456 e. The van der Waals surface area contributed by atoms with Gasteiger partial charge in [-0.2, -0.15) is 0 Å². The second-order valence-corrected chi connectivity index (χ2v) is 5.70. The Balaban J connectivity index is 1.45. The molecule has 0 saturated carbocycles. The lowest BCUT2D eigenvalue weighted by Crippen LogP contribution is -2.16. The summed E-state index contributed by atoms with van der Waals surface area (Å²) in [5, 5.41) is 5.54. The van der Waals surface area contributed by atoms with E-state index in [0.717, 1.165) is 24.5 Å². The zero-order valence-corrected chi connectivity index (χ0v) is 13.1. The Bertz CT molecular complexity index is 756. The average Bonchev–Trinajstić information content (AvgIpc) is 2.96. The fraction of sp³-hybridized carbons (Fsp3) is 0.158. The van der Waals surface area contributed by atoms with Crippen LogP contribution in [0.4, 0.5) is 0 Å². The number of rotatable bonds is 6. The minimum atomic E-state index is 0.772. The van der Waals surface area contributed by atoms with Gasteiger partial charge in [-0.1, -0.05) is 54.1 Å². The Morgan fingerprint density at radius 2 is 1.86 bits per heavy atom. The first-order valence-corrected chi connectivity index (χ1v) is 7.88. The zero-order chi connectivity index (χ0) is 15.2. The first kappa shape index (κ1) is 14.9. The molecule has 0 spiro atoms. The van der Waals surface area contributed by atoms with Crippen molar-refractivity contribution in [2.75, 3.05) is 13.1 Å². The van der Waals surface area contributed by atoms with Crippen LogP contribution in [-0.2, 0) is 6.42 Å². The summed E-state index contributed by atoms with van der Waals surface area (Å²) in [5.41, 5.74) is 3.74. The van der Waals surface area contributed by atoms with Crippen LogP contribution in [0.1, 0.15) is 11.1 Å². The lowest BCUT2D eigenvalue weighted by atomic mass is 10.1. The molecule has 2 aromatic carbocycles. The summed E-state index contributed by atoms with van der Waals surface area (Å²) in [7, 11) is 0. The lowest BCUT2D eigenvalue weighted by Gasteiger charge is -2.01. The van der Waals surface area contributed by atoms with Gasteiger partial charge in [0.25, 0.3) is 0 Å². The Labute approximate surface area is 135 Å². The molecule has 0 amide bonds. The Morgan fingerprint density at radius 3 is 2.73 bits per heavy atom. The quantitative estimate of drug-likeness (QED) is 0.636. The molecule has 0 radical (unpaired) electrons. The van der Waals surface area contributed by atoms with Crippen LogP contribution in [0.15, 0.2) is 60.8 Å². The predicted octanol–water partition coefficient (Wildman–Crippen LogP) is 4.67. The minimum Gasteiger partial charge on any atom is -0.361 e. The number of fused-ring (bicyclic) bond motifs is 1. The molecule has 2 N–H and O–H groups in total. The average molecular weight is 311 g/mol. The van der Waals surface area contributed by atoms with Crippen molar-refractivity contribution in [3.8, 4) is 0 Å². The van der Waals surface area contributed by atoms with Crippen molar-refractivity contribution < 1.29 is 0 Å². The third-order valence-electron chi connectivity index (χ3n) is 3.69. The van der Waals surface area contributed by atoms with Crippen LogP contribution in [-0.4, -0.2) is 18.1 Å². The molecule has 0 saturated heterocycles. The molecule has 0 bridgehead atoms. The highest BCUT2D eigenvalue weighted by molar-refractivity contribution is 6.30. The number of hydrogen-bond donors (Lipinski definition) is 2. The maximum atomic E-state index is 5.87. The van der Waals surface area contributed by atoms with Crippen LogP contribution in [0.2, 0.25) is 5.02 Å². The Morgan fingerprint density at radius 1 is 1.05 bits per heavy atom. The molecule has 0 unspecified atom stereocenters. The molecule has 0 fully saturated rings. The van der Waals surface area contributed by atoms with Crippen LogP contribution in [0, 0.1) is 0 Å². The topological polar surface area (TPSA) is 27.8 Å². The van der Waals surface area contributed by atoms with Gasteiger partial charge in [0.2, 0.25) is 0 Å². The van der Waals surface area contributed by atoms with Crippen molar-refractivity contribution in [1.29, 1.82) is 0 Å². The molecular weight excluding hydrogens is 292 g/mol. The SMILES string of the molecule is Clc1ccc(/C=C/CNCCc2c[nH]c3ccccc23)cc1. The molecule has 1 heterocycles. The third kappa shape index (κ3) is 3.79. The van der Waals surface area contributed by atoms with Crippen LogP contribution >= 0.6 is 11.6 Å². The van der Waals surface area contributed by atoms with Gasteiger partial charge in [-0.25, -0.2) is 0 Å². The molecule has 0 aliphatic rings. The van der Waals surface area contributed by atoms with Crippen molar-refractivity contribution in [3.05, 3.63) is 77.0 Å². The lowest BCUT2D eigenvalue weighted by molar-refractivity contribution is 0.748. The van der Waals surface area contributed by atoms with Gasteiger partial charge in [0.05, 0.1) is 0 Å². The van der Waals surface area contributed by atoms with Crippen molar-refractivity contribution in [1.82, 2.24) is 10.3 Å². The first-order chi connectivity index (χ1) is 10.8. The summed E-state index contributed by atoms with van der Waals surface area (Å²) < 4.78 is 0. The Kier molecular flexibility index (Phi) is 4.94. The molecule has 112 valence electrons. The monoisotopic (exact) mass is 310 g/mol. The number of benzene rings is 2. The Hall–Kier alpha value is -2.03. The number of hydrogen-bond acceptors (Lipinski definition) is 1. The van der Waals surface area contributed by atoms with E-state index in [0.29, 0.717) is 0 Å². The minimum absolute atomic E-state index is 0.772. The number of para-hydroxylation sites is 1. The van der Waals surface area contributed by atoms with Crippen LogP contribution in [0.3, 0.4) is 0 Å². The van der Waals surface area contributed by atoms with Gasteiger partial charge in [-0.3, -0.25) is 0 Å². The molecule has 3 aromatic rings. The fourth-order valence-electron chi connectivity index (χ4n) is 2.52. The molecule has 22 heavy (non-hydrogen) atoms. The van der Waals surface area contributed by atoms with E-state index in [1.165, 1.54) is 22.0 Å². The molecular formula is C19H19ClN2. The highest BCUT2D eigenvalue weighted by Gasteiger charge is 2.01. The van der Waals surface area contributed by atoms with E-state index in [9.17, 15) is 0 Å². The van der Waals surface area contributed by atoms with Gasteiger partial charge in [0.15, 0.2) is 0 Å². The van der Waals surface area contributed by atoms with E-state index in [1.807, 2.05) is 24.3 Å². The van der Waals surface area contributed by atoms with E-state index in [-0.39, 0.29) is 0 Å². The van der Waals surface area contributed by atoms with Crippen LogP contribution in [0.5, 0.6) is 0 Å². The number of aromatic nitrogens is 1. The van der Waals surface area contributed by atoms with Crippen molar-refractivity contribution >= 4 is 28.6 Å². The first-order valence-electron chi connectivity index (χ1n) is 7.51.